The van der Waals surface area contributed by atoms with Crippen molar-refractivity contribution in [2.24, 2.45) is 0 Å². The molecular weight excluding hydrogens is 318 g/mol. The Kier molecular flexibility index (Phi) is 3.87. The van der Waals surface area contributed by atoms with Crippen LogP contribution in [0.3, 0.4) is 0 Å². The molecular formula is C19H19N3O3. The maximum absolute atomic E-state index is 12.3. The van der Waals surface area contributed by atoms with Gasteiger partial charge in [-0.3, -0.25) is 9.59 Å². The highest BCUT2D eigenvalue weighted by Crippen LogP contribution is 2.34. The maximum atomic E-state index is 12.3. The molecule has 0 atom stereocenters. The Morgan fingerprint density at radius 1 is 1.32 bits per heavy atom. The Bertz CT molecular complexity index is 895. The van der Waals surface area contributed by atoms with Crippen molar-refractivity contribution >= 4 is 29.3 Å². The molecule has 6 nitrogen and oxygen atoms in total. The first-order chi connectivity index (χ1) is 12.1. The minimum Gasteiger partial charge on any atom is -0.481 e. The zero-order valence-electron chi connectivity index (χ0n) is 13.8. The standard InChI is InChI=1S/C19H19N3O3/c23-17(24)8-7-12-11-4-1-2-6-15(11)21-16(12)10-14-13-5-3-9-20-18(13)22-19(14)25/h3,5,9-10,21H,1-2,4,6-8H2,(H,23,24)(H,20,22,25)/b14-10-. The Balaban J connectivity index is 1.78. The molecule has 0 spiro atoms. The van der Waals surface area contributed by atoms with Crippen LogP contribution in [0.1, 0.15) is 47.3 Å². The summed E-state index contributed by atoms with van der Waals surface area (Å²) in [6, 6.07) is 3.67. The van der Waals surface area contributed by atoms with Gasteiger partial charge in [-0.2, -0.15) is 0 Å². The number of hydrogen-bond acceptors (Lipinski definition) is 3. The lowest BCUT2D eigenvalue weighted by Gasteiger charge is -2.12. The Morgan fingerprint density at radius 3 is 3.00 bits per heavy atom. The molecule has 128 valence electrons. The number of anilines is 1. The van der Waals surface area contributed by atoms with Gasteiger partial charge in [-0.15, -0.1) is 0 Å². The SMILES string of the molecule is O=C(O)CCc1c(/C=C2\C(=O)Nc3ncccc32)[nH]c2c1CCCC2. The van der Waals surface area contributed by atoms with Crippen molar-refractivity contribution in [2.75, 3.05) is 5.32 Å². The van der Waals surface area contributed by atoms with Crippen molar-refractivity contribution in [3.05, 3.63) is 46.4 Å². The number of carboxylic acids is 1. The van der Waals surface area contributed by atoms with Crippen LogP contribution >= 0.6 is 0 Å². The van der Waals surface area contributed by atoms with Crippen LogP contribution in [-0.4, -0.2) is 27.0 Å². The van der Waals surface area contributed by atoms with Crippen LogP contribution in [0.15, 0.2) is 18.3 Å². The second-order valence-corrected chi connectivity index (χ2v) is 6.49. The molecule has 25 heavy (non-hydrogen) atoms. The fourth-order valence-electron chi connectivity index (χ4n) is 3.72. The molecule has 3 heterocycles. The van der Waals surface area contributed by atoms with Crippen molar-refractivity contribution in [3.8, 4) is 0 Å². The summed E-state index contributed by atoms with van der Waals surface area (Å²) in [6.07, 6.45) is 8.25. The van der Waals surface area contributed by atoms with Gasteiger partial charge < -0.3 is 15.4 Å². The van der Waals surface area contributed by atoms with Crippen molar-refractivity contribution < 1.29 is 14.7 Å². The smallest absolute Gasteiger partial charge is 0.303 e. The van der Waals surface area contributed by atoms with E-state index in [-0.39, 0.29) is 12.3 Å². The van der Waals surface area contributed by atoms with Crippen molar-refractivity contribution in [1.29, 1.82) is 0 Å². The third-order valence-corrected chi connectivity index (χ3v) is 4.89. The highest BCUT2D eigenvalue weighted by molar-refractivity contribution is 6.34. The fraction of sp³-hybridized carbons (Fsp3) is 0.316. The highest BCUT2D eigenvalue weighted by atomic mass is 16.4. The van der Waals surface area contributed by atoms with Gasteiger partial charge in [0.1, 0.15) is 5.82 Å². The summed E-state index contributed by atoms with van der Waals surface area (Å²) >= 11 is 0. The van der Waals surface area contributed by atoms with E-state index in [4.69, 9.17) is 5.11 Å². The van der Waals surface area contributed by atoms with Gasteiger partial charge >= 0.3 is 5.97 Å². The summed E-state index contributed by atoms with van der Waals surface area (Å²) < 4.78 is 0. The zero-order valence-corrected chi connectivity index (χ0v) is 13.8. The molecule has 1 aliphatic heterocycles. The van der Waals surface area contributed by atoms with Crippen LogP contribution in [0, 0.1) is 0 Å². The largest absolute Gasteiger partial charge is 0.481 e. The molecule has 6 heteroatoms. The minimum absolute atomic E-state index is 0.0881. The van der Waals surface area contributed by atoms with Crippen molar-refractivity contribution in [1.82, 2.24) is 9.97 Å². The molecule has 0 unspecified atom stereocenters. The fourth-order valence-corrected chi connectivity index (χ4v) is 3.72. The van der Waals surface area contributed by atoms with E-state index in [2.05, 4.69) is 15.3 Å². The second kappa shape index (κ2) is 6.20. The van der Waals surface area contributed by atoms with Gasteiger partial charge in [0.25, 0.3) is 5.91 Å². The normalized spacial score (nSPS) is 17.3. The number of carboxylic acid groups (broad SMARTS) is 1. The van der Waals surface area contributed by atoms with Gasteiger partial charge in [-0.1, -0.05) is 0 Å². The number of pyridine rings is 1. The predicted molar refractivity (Wildman–Crippen MR) is 94.1 cm³/mol. The van der Waals surface area contributed by atoms with Crippen LogP contribution in [0.5, 0.6) is 0 Å². The monoisotopic (exact) mass is 337 g/mol. The molecule has 0 saturated heterocycles. The number of fused-ring (bicyclic) bond motifs is 2. The van der Waals surface area contributed by atoms with Crippen LogP contribution < -0.4 is 5.32 Å². The van der Waals surface area contributed by atoms with E-state index in [0.717, 1.165) is 42.5 Å². The van der Waals surface area contributed by atoms with E-state index in [1.165, 1.54) is 11.3 Å². The molecule has 0 radical (unpaired) electrons. The molecule has 0 bridgehead atoms. The van der Waals surface area contributed by atoms with Gasteiger partial charge in [-0.05, 0) is 61.4 Å². The van der Waals surface area contributed by atoms with Gasteiger partial charge in [0, 0.05) is 29.6 Å². The number of H-pyrrole nitrogens is 1. The molecule has 4 rings (SSSR count). The number of carbonyl (C=O) groups is 2. The second-order valence-electron chi connectivity index (χ2n) is 6.49. The highest BCUT2D eigenvalue weighted by Gasteiger charge is 2.26. The van der Waals surface area contributed by atoms with E-state index in [9.17, 15) is 9.59 Å². The third-order valence-electron chi connectivity index (χ3n) is 4.89. The maximum Gasteiger partial charge on any atom is 0.303 e. The number of aryl methyl sites for hydroxylation is 1. The zero-order chi connectivity index (χ0) is 17.4. The topological polar surface area (TPSA) is 95.1 Å². The first kappa shape index (κ1) is 15.6. The van der Waals surface area contributed by atoms with Crippen LogP contribution in [-0.2, 0) is 28.9 Å². The van der Waals surface area contributed by atoms with Crippen LogP contribution in [0.2, 0.25) is 0 Å². The summed E-state index contributed by atoms with van der Waals surface area (Å²) in [5.41, 5.74) is 5.67. The van der Waals surface area contributed by atoms with Crippen molar-refractivity contribution in [3.63, 3.8) is 0 Å². The number of carbonyl (C=O) groups excluding carboxylic acids is 1. The first-order valence-corrected chi connectivity index (χ1v) is 8.56. The molecule has 0 aromatic carbocycles. The average Bonchev–Trinajstić information content (AvgIpc) is 3.11. The lowest BCUT2D eigenvalue weighted by Crippen LogP contribution is -2.05. The lowest BCUT2D eigenvalue weighted by atomic mass is 9.92. The number of aromatic amines is 1. The summed E-state index contributed by atoms with van der Waals surface area (Å²) in [4.78, 5) is 31.0. The molecule has 3 N–H and O–H groups in total. The summed E-state index contributed by atoms with van der Waals surface area (Å²) in [7, 11) is 0. The van der Waals surface area contributed by atoms with Crippen molar-refractivity contribution in [2.45, 2.75) is 38.5 Å². The van der Waals surface area contributed by atoms with E-state index >= 15 is 0 Å². The Labute approximate surface area is 145 Å². The number of amides is 1. The van der Waals surface area contributed by atoms with Crippen LogP contribution in [0.25, 0.3) is 11.6 Å². The number of aromatic nitrogens is 2. The number of rotatable bonds is 4. The number of nitrogens with one attached hydrogen (secondary N) is 2. The summed E-state index contributed by atoms with van der Waals surface area (Å²) in [5, 5.41) is 11.8. The van der Waals surface area contributed by atoms with E-state index in [1.54, 1.807) is 12.3 Å². The molecule has 1 aliphatic carbocycles. The van der Waals surface area contributed by atoms with E-state index in [1.807, 2.05) is 12.1 Å². The van der Waals surface area contributed by atoms with Gasteiger partial charge in [0.05, 0.1) is 5.57 Å². The van der Waals surface area contributed by atoms with Gasteiger partial charge in [0.2, 0.25) is 0 Å². The first-order valence-electron chi connectivity index (χ1n) is 8.56. The Hall–Kier alpha value is -2.89. The van der Waals surface area contributed by atoms with E-state index < -0.39 is 5.97 Å². The number of nitrogens with zero attached hydrogens (tertiary/aromatic N) is 1. The predicted octanol–water partition coefficient (Wildman–Crippen LogP) is 2.80. The summed E-state index contributed by atoms with van der Waals surface area (Å²) in [5.74, 6) is -0.412. The molecule has 2 aromatic rings. The van der Waals surface area contributed by atoms with Crippen LogP contribution in [0.4, 0.5) is 5.82 Å². The molecule has 0 saturated carbocycles. The van der Waals surface area contributed by atoms with Gasteiger partial charge in [0.15, 0.2) is 0 Å². The third kappa shape index (κ3) is 2.84. The summed E-state index contributed by atoms with van der Waals surface area (Å²) in [6.45, 7) is 0. The van der Waals surface area contributed by atoms with Gasteiger partial charge in [-0.25, -0.2) is 4.98 Å². The molecule has 1 amide bonds. The molecule has 2 aromatic heterocycles. The average molecular weight is 337 g/mol. The quantitative estimate of drug-likeness (QED) is 0.748. The Morgan fingerprint density at radius 2 is 2.16 bits per heavy atom. The minimum atomic E-state index is -0.808. The lowest BCUT2D eigenvalue weighted by molar-refractivity contribution is -0.137. The number of aliphatic carboxylic acids is 1. The number of hydrogen-bond donors (Lipinski definition) is 3. The molecule has 0 fully saturated rings. The molecule has 2 aliphatic rings. The van der Waals surface area contributed by atoms with E-state index in [0.29, 0.717) is 17.8 Å².